The second-order valence-corrected chi connectivity index (χ2v) is 3.54. The van der Waals surface area contributed by atoms with Crippen LogP contribution in [0.3, 0.4) is 0 Å². The molecule has 1 aliphatic rings. The number of primary amides is 1. The summed E-state index contributed by atoms with van der Waals surface area (Å²) in [5.74, 6) is -0.0176. The van der Waals surface area contributed by atoms with Gasteiger partial charge in [0.25, 0.3) is 11.8 Å². The van der Waals surface area contributed by atoms with Crippen LogP contribution in [0.25, 0.3) is 0 Å². The Kier molecular flexibility index (Phi) is 2.73. The number of carbonyl (C=O) groups excluding carboxylic acids is 2. The molecule has 0 saturated carbocycles. The van der Waals surface area contributed by atoms with Gasteiger partial charge in [-0.25, -0.2) is 9.97 Å². The van der Waals surface area contributed by atoms with E-state index >= 15 is 0 Å². The highest BCUT2D eigenvalue weighted by Gasteiger charge is 2.19. The Bertz CT molecular complexity index is 511. The maximum atomic E-state index is 11.3. The van der Waals surface area contributed by atoms with E-state index in [0.29, 0.717) is 11.6 Å². The van der Waals surface area contributed by atoms with Crippen LogP contribution in [0, 0.1) is 6.92 Å². The third-order valence-electron chi connectivity index (χ3n) is 2.19. The molecule has 17 heavy (non-hydrogen) atoms. The Morgan fingerprint density at radius 3 is 2.88 bits per heavy atom. The fourth-order valence-corrected chi connectivity index (χ4v) is 1.44. The molecule has 0 saturated heterocycles. The number of nitrogens with zero attached hydrogens (tertiary/aromatic N) is 2. The van der Waals surface area contributed by atoms with E-state index < -0.39 is 11.9 Å². The lowest BCUT2D eigenvalue weighted by Crippen LogP contribution is -2.30. The van der Waals surface area contributed by atoms with E-state index in [1.54, 1.807) is 19.2 Å². The molecule has 0 bridgehead atoms. The van der Waals surface area contributed by atoms with Crippen molar-refractivity contribution in [3.63, 3.8) is 0 Å². The molecule has 2 heterocycles. The van der Waals surface area contributed by atoms with Crippen LogP contribution >= 0.6 is 0 Å². The minimum absolute atomic E-state index is 0.113. The number of nitrogens with two attached hydrogens (primary N) is 1. The third kappa shape index (κ3) is 2.39. The molecule has 88 valence electrons. The lowest BCUT2D eigenvalue weighted by molar-refractivity contribution is -0.119. The number of amides is 2. The molecule has 1 aromatic rings. The van der Waals surface area contributed by atoms with Crippen molar-refractivity contribution in [3.05, 3.63) is 29.9 Å². The Labute approximate surface area is 97.1 Å². The first-order chi connectivity index (χ1) is 8.06. The molecule has 0 fully saturated rings. The summed E-state index contributed by atoms with van der Waals surface area (Å²) in [5.41, 5.74) is 5.25. The van der Waals surface area contributed by atoms with Gasteiger partial charge in [-0.05, 0) is 13.0 Å². The molecule has 0 aromatic carbocycles. The number of anilines is 1. The molecule has 0 radical (unpaired) electrons. The van der Waals surface area contributed by atoms with Gasteiger partial charge in [0.1, 0.15) is 23.4 Å². The van der Waals surface area contributed by atoms with Crippen molar-refractivity contribution in [1.82, 2.24) is 15.3 Å². The summed E-state index contributed by atoms with van der Waals surface area (Å²) in [6.45, 7) is 1.64. The SMILES string of the molecule is Cc1nc(N[C@H]2C=CNC2=O)cc(C(N)=O)n1. The summed E-state index contributed by atoms with van der Waals surface area (Å²) in [6, 6.07) is 0.916. The van der Waals surface area contributed by atoms with Gasteiger partial charge in [-0.3, -0.25) is 9.59 Å². The minimum Gasteiger partial charge on any atom is -0.364 e. The monoisotopic (exact) mass is 233 g/mol. The summed E-state index contributed by atoms with van der Waals surface area (Å²) in [7, 11) is 0. The normalized spacial score (nSPS) is 17.9. The maximum absolute atomic E-state index is 11.3. The van der Waals surface area contributed by atoms with Crippen molar-refractivity contribution in [3.8, 4) is 0 Å². The van der Waals surface area contributed by atoms with E-state index in [2.05, 4.69) is 20.6 Å². The van der Waals surface area contributed by atoms with Crippen LogP contribution < -0.4 is 16.4 Å². The zero-order chi connectivity index (χ0) is 12.4. The number of aryl methyl sites for hydroxylation is 1. The highest BCUT2D eigenvalue weighted by atomic mass is 16.2. The predicted molar refractivity (Wildman–Crippen MR) is 60.0 cm³/mol. The maximum Gasteiger partial charge on any atom is 0.267 e. The van der Waals surface area contributed by atoms with Crippen molar-refractivity contribution < 1.29 is 9.59 Å². The predicted octanol–water partition coefficient (Wildman–Crippen LogP) is -0.692. The second kappa shape index (κ2) is 4.20. The topological polar surface area (TPSA) is 110 Å². The number of carbonyl (C=O) groups is 2. The Hall–Kier alpha value is -2.44. The van der Waals surface area contributed by atoms with Crippen molar-refractivity contribution in [2.75, 3.05) is 5.32 Å². The first-order valence-corrected chi connectivity index (χ1v) is 4.95. The van der Waals surface area contributed by atoms with Crippen molar-refractivity contribution in [1.29, 1.82) is 0 Å². The molecule has 0 spiro atoms. The molecule has 1 aromatic heterocycles. The van der Waals surface area contributed by atoms with Gasteiger partial charge in [-0.2, -0.15) is 0 Å². The van der Waals surface area contributed by atoms with Crippen LogP contribution in [0.4, 0.5) is 5.82 Å². The highest BCUT2D eigenvalue weighted by Crippen LogP contribution is 2.10. The standard InChI is InChI=1S/C10H11N5O2/c1-5-13-7(9(11)16)4-8(14-5)15-6-2-3-12-10(6)17/h2-4,6H,1H3,(H2,11,16)(H,12,17)(H,13,14,15)/t6-/m0/s1. The van der Waals surface area contributed by atoms with E-state index in [-0.39, 0.29) is 11.6 Å². The quantitative estimate of drug-likeness (QED) is 0.640. The number of rotatable bonds is 3. The zero-order valence-corrected chi connectivity index (χ0v) is 9.10. The van der Waals surface area contributed by atoms with E-state index in [1.165, 1.54) is 6.07 Å². The summed E-state index contributed by atoms with van der Waals surface area (Å²) < 4.78 is 0. The average Bonchev–Trinajstić information content (AvgIpc) is 2.63. The molecular weight excluding hydrogens is 222 g/mol. The molecule has 0 aliphatic carbocycles. The minimum atomic E-state index is -0.634. The molecule has 1 aliphatic heterocycles. The lowest BCUT2D eigenvalue weighted by atomic mass is 10.3. The average molecular weight is 233 g/mol. The van der Waals surface area contributed by atoms with Gasteiger partial charge in [-0.1, -0.05) is 0 Å². The van der Waals surface area contributed by atoms with Crippen LogP contribution in [0.1, 0.15) is 16.3 Å². The van der Waals surface area contributed by atoms with Crippen molar-refractivity contribution >= 4 is 17.6 Å². The number of aromatic nitrogens is 2. The number of hydrogen-bond donors (Lipinski definition) is 3. The zero-order valence-electron chi connectivity index (χ0n) is 9.10. The van der Waals surface area contributed by atoms with Gasteiger partial charge >= 0.3 is 0 Å². The fraction of sp³-hybridized carbons (Fsp3) is 0.200. The molecule has 4 N–H and O–H groups in total. The smallest absolute Gasteiger partial charge is 0.267 e. The molecular formula is C10H11N5O2. The Morgan fingerprint density at radius 1 is 1.53 bits per heavy atom. The Morgan fingerprint density at radius 2 is 2.29 bits per heavy atom. The first-order valence-electron chi connectivity index (χ1n) is 4.95. The van der Waals surface area contributed by atoms with Gasteiger partial charge in [0, 0.05) is 12.3 Å². The van der Waals surface area contributed by atoms with Crippen LogP contribution in [0.5, 0.6) is 0 Å². The lowest BCUT2D eigenvalue weighted by Gasteiger charge is -2.10. The molecule has 1 atom stereocenters. The highest BCUT2D eigenvalue weighted by molar-refractivity contribution is 5.92. The second-order valence-electron chi connectivity index (χ2n) is 3.54. The van der Waals surface area contributed by atoms with Crippen LogP contribution in [0.2, 0.25) is 0 Å². The van der Waals surface area contributed by atoms with Gasteiger partial charge in [0.2, 0.25) is 0 Å². The molecule has 7 nitrogen and oxygen atoms in total. The molecule has 2 amide bonds. The summed E-state index contributed by atoms with van der Waals surface area (Å²) >= 11 is 0. The number of hydrogen-bond acceptors (Lipinski definition) is 5. The third-order valence-corrected chi connectivity index (χ3v) is 2.19. The van der Waals surface area contributed by atoms with Gasteiger partial charge in [-0.15, -0.1) is 0 Å². The van der Waals surface area contributed by atoms with Gasteiger partial charge < -0.3 is 16.4 Å². The largest absolute Gasteiger partial charge is 0.364 e. The molecule has 2 rings (SSSR count). The van der Waals surface area contributed by atoms with Crippen molar-refractivity contribution in [2.24, 2.45) is 5.73 Å². The van der Waals surface area contributed by atoms with E-state index in [4.69, 9.17) is 5.73 Å². The van der Waals surface area contributed by atoms with Crippen LogP contribution in [0.15, 0.2) is 18.3 Å². The van der Waals surface area contributed by atoms with Gasteiger partial charge in [0.05, 0.1) is 0 Å². The van der Waals surface area contributed by atoms with Crippen molar-refractivity contribution in [2.45, 2.75) is 13.0 Å². The van der Waals surface area contributed by atoms with E-state index in [0.717, 1.165) is 0 Å². The first kappa shape index (κ1) is 11.1. The van der Waals surface area contributed by atoms with Crippen LogP contribution in [-0.2, 0) is 4.79 Å². The van der Waals surface area contributed by atoms with Crippen LogP contribution in [-0.4, -0.2) is 27.8 Å². The summed E-state index contributed by atoms with van der Waals surface area (Å²) in [5, 5.41) is 5.39. The summed E-state index contributed by atoms with van der Waals surface area (Å²) in [6.07, 6.45) is 3.20. The molecule has 7 heteroatoms. The Balaban J connectivity index is 2.23. The fourth-order valence-electron chi connectivity index (χ4n) is 1.44. The van der Waals surface area contributed by atoms with E-state index in [1.807, 2.05) is 0 Å². The molecule has 0 unspecified atom stereocenters. The van der Waals surface area contributed by atoms with Gasteiger partial charge in [0.15, 0.2) is 0 Å². The summed E-state index contributed by atoms with van der Waals surface area (Å²) in [4.78, 5) is 30.3. The van der Waals surface area contributed by atoms with E-state index in [9.17, 15) is 9.59 Å². The number of nitrogens with one attached hydrogen (secondary N) is 2.